The van der Waals surface area contributed by atoms with Crippen molar-refractivity contribution in [3.8, 4) is 5.75 Å². The summed E-state index contributed by atoms with van der Waals surface area (Å²) in [4.78, 5) is 27.6. The molecule has 1 N–H and O–H groups in total. The SMILES string of the molecule is COc1cc(C(=O)N2C[C@H](F)C[C@@H](N(C(=O)O)C(C)(C)C)C2)cc2oc(Cl)c(C)c12. The molecule has 0 saturated carbocycles. The average Bonchev–Trinajstić information content (AvgIpc) is 2.92. The topological polar surface area (TPSA) is 83.2 Å². The number of hydrogen-bond donors (Lipinski definition) is 1. The Bertz CT molecular complexity index is 984. The number of ether oxygens (including phenoxy) is 1. The fraction of sp³-hybridized carbons (Fsp3) is 0.524. The van der Waals surface area contributed by atoms with Gasteiger partial charge in [0.15, 0.2) is 5.22 Å². The van der Waals surface area contributed by atoms with E-state index in [1.54, 1.807) is 39.8 Å². The van der Waals surface area contributed by atoms with Crippen LogP contribution in [0.15, 0.2) is 16.5 Å². The minimum Gasteiger partial charge on any atom is -0.496 e. The first-order chi connectivity index (χ1) is 13.9. The van der Waals surface area contributed by atoms with E-state index < -0.39 is 29.8 Å². The van der Waals surface area contributed by atoms with Gasteiger partial charge in [0, 0.05) is 29.6 Å². The number of benzene rings is 1. The number of carbonyl (C=O) groups is 2. The van der Waals surface area contributed by atoms with Crippen LogP contribution in [0.1, 0.15) is 43.1 Å². The fourth-order valence-electron chi connectivity index (χ4n) is 4.13. The molecular formula is C21H26ClFN2O5. The molecule has 1 aromatic heterocycles. The lowest BCUT2D eigenvalue weighted by atomic mass is 9.96. The monoisotopic (exact) mass is 440 g/mol. The molecule has 2 amide bonds. The Morgan fingerprint density at radius 2 is 2.00 bits per heavy atom. The van der Waals surface area contributed by atoms with E-state index in [0.29, 0.717) is 22.3 Å². The molecule has 164 valence electrons. The normalized spacial score (nSPS) is 19.8. The van der Waals surface area contributed by atoms with Gasteiger partial charge in [-0.1, -0.05) is 0 Å². The predicted molar refractivity (Wildman–Crippen MR) is 111 cm³/mol. The molecule has 9 heteroatoms. The number of furan rings is 1. The Morgan fingerprint density at radius 3 is 2.57 bits per heavy atom. The first-order valence-electron chi connectivity index (χ1n) is 9.66. The second-order valence-electron chi connectivity index (χ2n) is 8.57. The molecule has 0 radical (unpaired) electrons. The highest BCUT2D eigenvalue weighted by atomic mass is 35.5. The Balaban J connectivity index is 1.95. The molecule has 2 atom stereocenters. The van der Waals surface area contributed by atoms with Crippen LogP contribution in [0.25, 0.3) is 11.0 Å². The van der Waals surface area contributed by atoms with Crippen molar-refractivity contribution < 1.29 is 28.2 Å². The molecule has 3 rings (SSSR count). The first-order valence-corrected chi connectivity index (χ1v) is 10.0. The molecule has 0 unspecified atom stereocenters. The highest BCUT2D eigenvalue weighted by molar-refractivity contribution is 6.31. The van der Waals surface area contributed by atoms with E-state index in [1.165, 1.54) is 16.9 Å². The maximum atomic E-state index is 14.6. The zero-order chi connectivity index (χ0) is 22.4. The number of likely N-dealkylation sites (tertiary alicyclic amines) is 1. The van der Waals surface area contributed by atoms with E-state index in [4.69, 9.17) is 20.8 Å². The Kier molecular flexibility index (Phi) is 5.91. The van der Waals surface area contributed by atoms with Crippen LogP contribution in [0, 0.1) is 6.92 Å². The van der Waals surface area contributed by atoms with Crippen LogP contribution in [0.5, 0.6) is 5.75 Å². The van der Waals surface area contributed by atoms with E-state index in [0.717, 1.165) is 0 Å². The predicted octanol–water partition coefficient (Wildman–Crippen LogP) is 4.73. The summed E-state index contributed by atoms with van der Waals surface area (Å²) in [5.41, 5.74) is 0.627. The van der Waals surface area contributed by atoms with E-state index in [2.05, 4.69) is 0 Å². The standard InChI is InChI=1S/C21H26ClFN2O5/c1-11-17-15(29-5)6-12(7-16(17)30-18(11)22)19(26)24-9-13(23)8-14(10-24)25(20(27)28)21(2,3)4/h6-7,13-14H,8-10H2,1-5H3,(H,27,28)/t13-,14-/m1/s1. The van der Waals surface area contributed by atoms with Gasteiger partial charge in [0.2, 0.25) is 0 Å². The number of amides is 2. The molecule has 7 nitrogen and oxygen atoms in total. The zero-order valence-electron chi connectivity index (χ0n) is 17.7. The number of rotatable bonds is 3. The van der Waals surface area contributed by atoms with Crippen molar-refractivity contribution >= 4 is 34.6 Å². The number of carbonyl (C=O) groups excluding carboxylic acids is 1. The molecule has 1 aromatic carbocycles. The summed E-state index contributed by atoms with van der Waals surface area (Å²) >= 11 is 6.08. The summed E-state index contributed by atoms with van der Waals surface area (Å²) in [6.45, 7) is 7.02. The lowest BCUT2D eigenvalue weighted by Crippen LogP contribution is -2.59. The minimum absolute atomic E-state index is 0.0443. The van der Waals surface area contributed by atoms with Gasteiger partial charge < -0.3 is 19.2 Å². The van der Waals surface area contributed by atoms with Gasteiger partial charge in [-0.05, 0) is 51.4 Å². The number of alkyl halides is 1. The molecule has 0 bridgehead atoms. The Morgan fingerprint density at radius 1 is 1.33 bits per heavy atom. The third kappa shape index (κ3) is 4.05. The lowest BCUT2D eigenvalue weighted by molar-refractivity contribution is 0.0126. The molecule has 1 aliphatic heterocycles. The second kappa shape index (κ2) is 7.98. The van der Waals surface area contributed by atoms with Crippen LogP contribution in [0.3, 0.4) is 0 Å². The van der Waals surface area contributed by atoms with E-state index in [-0.39, 0.29) is 30.3 Å². The maximum Gasteiger partial charge on any atom is 0.408 e. The van der Waals surface area contributed by atoms with Gasteiger partial charge in [-0.3, -0.25) is 9.69 Å². The van der Waals surface area contributed by atoms with Crippen LogP contribution in [0.2, 0.25) is 5.22 Å². The van der Waals surface area contributed by atoms with Crippen LogP contribution in [-0.4, -0.2) is 64.9 Å². The third-order valence-electron chi connectivity index (χ3n) is 5.36. The van der Waals surface area contributed by atoms with Crippen LogP contribution >= 0.6 is 11.6 Å². The number of carboxylic acid groups (broad SMARTS) is 1. The quantitative estimate of drug-likeness (QED) is 0.745. The molecule has 1 aliphatic rings. The van der Waals surface area contributed by atoms with Crippen LogP contribution < -0.4 is 4.74 Å². The van der Waals surface area contributed by atoms with Crippen molar-refractivity contribution in [1.29, 1.82) is 0 Å². The maximum absolute atomic E-state index is 14.6. The fourth-order valence-corrected chi connectivity index (χ4v) is 4.31. The molecule has 1 fully saturated rings. The van der Waals surface area contributed by atoms with Gasteiger partial charge in [0.1, 0.15) is 17.5 Å². The first kappa shape index (κ1) is 22.2. The molecule has 2 heterocycles. The van der Waals surface area contributed by atoms with Gasteiger partial charge in [-0.25, -0.2) is 9.18 Å². The molecule has 30 heavy (non-hydrogen) atoms. The molecule has 0 spiro atoms. The summed E-state index contributed by atoms with van der Waals surface area (Å²) in [5, 5.41) is 10.5. The highest BCUT2D eigenvalue weighted by Crippen LogP contribution is 2.37. The summed E-state index contributed by atoms with van der Waals surface area (Å²) in [6, 6.07) is 2.47. The van der Waals surface area contributed by atoms with Gasteiger partial charge in [-0.15, -0.1) is 0 Å². The van der Waals surface area contributed by atoms with Crippen LogP contribution in [-0.2, 0) is 0 Å². The summed E-state index contributed by atoms with van der Waals surface area (Å²) in [6.07, 6.45) is -2.43. The number of aryl methyl sites for hydroxylation is 1. The second-order valence-corrected chi connectivity index (χ2v) is 8.92. The number of fused-ring (bicyclic) bond motifs is 1. The van der Waals surface area contributed by atoms with Gasteiger partial charge in [0.05, 0.1) is 25.1 Å². The summed E-state index contributed by atoms with van der Waals surface area (Å²) in [7, 11) is 1.48. The zero-order valence-corrected chi connectivity index (χ0v) is 18.4. The van der Waals surface area contributed by atoms with Gasteiger partial charge in [-0.2, -0.15) is 0 Å². The molecular weight excluding hydrogens is 415 g/mol. The highest BCUT2D eigenvalue weighted by Gasteiger charge is 2.40. The van der Waals surface area contributed by atoms with Crippen molar-refractivity contribution in [3.63, 3.8) is 0 Å². The van der Waals surface area contributed by atoms with Crippen molar-refractivity contribution in [2.24, 2.45) is 0 Å². The molecule has 0 aliphatic carbocycles. The summed E-state index contributed by atoms with van der Waals surface area (Å²) < 4.78 is 25.5. The number of piperidine rings is 1. The summed E-state index contributed by atoms with van der Waals surface area (Å²) in [5.74, 6) is 0.00295. The van der Waals surface area contributed by atoms with E-state index in [1.807, 2.05) is 0 Å². The average molecular weight is 441 g/mol. The Hall–Kier alpha value is -2.48. The van der Waals surface area contributed by atoms with Crippen molar-refractivity contribution in [3.05, 3.63) is 28.5 Å². The van der Waals surface area contributed by atoms with E-state index >= 15 is 0 Å². The largest absolute Gasteiger partial charge is 0.496 e. The van der Waals surface area contributed by atoms with Gasteiger partial charge >= 0.3 is 6.09 Å². The van der Waals surface area contributed by atoms with Crippen molar-refractivity contribution in [2.75, 3.05) is 20.2 Å². The molecule has 1 saturated heterocycles. The van der Waals surface area contributed by atoms with Crippen LogP contribution in [0.4, 0.5) is 9.18 Å². The number of halogens is 2. The minimum atomic E-state index is -1.33. The van der Waals surface area contributed by atoms with Crippen molar-refractivity contribution in [1.82, 2.24) is 9.80 Å². The van der Waals surface area contributed by atoms with Gasteiger partial charge in [0.25, 0.3) is 5.91 Å². The number of methoxy groups -OCH3 is 1. The Labute approximate surface area is 179 Å². The van der Waals surface area contributed by atoms with Crippen molar-refractivity contribution in [2.45, 2.75) is 51.9 Å². The third-order valence-corrected chi connectivity index (χ3v) is 5.72. The van der Waals surface area contributed by atoms with E-state index in [9.17, 15) is 19.1 Å². The number of hydrogen-bond acceptors (Lipinski definition) is 4. The smallest absolute Gasteiger partial charge is 0.408 e. The molecule has 2 aromatic rings. The number of nitrogens with zero attached hydrogens (tertiary/aromatic N) is 2. The lowest BCUT2D eigenvalue weighted by Gasteiger charge is -2.45.